The molecule has 0 unspecified atom stereocenters. The first-order valence-corrected chi connectivity index (χ1v) is 12.0. The number of hydrogen-bond donors (Lipinski definition) is 3. The van der Waals surface area contributed by atoms with Crippen molar-refractivity contribution in [2.75, 3.05) is 14.2 Å². The maximum Gasteiger partial charge on any atom is 0.307 e. The van der Waals surface area contributed by atoms with E-state index in [-0.39, 0.29) is 48.4 Å². The molecule has 3 N–H and O–H groups in total. The van der Waals surface area contributed by atoms with Crippen LogP contribution in [0.3, 0.4) is 0 Å². The highest BCUT2D eigenvalue weighted by molar-refractivity contribution is 6.62. The molecule has 2 aliphatic carbocycles. The lowest BCUT2D eigenvalue weighted by atomic mass is 9.80. The fourth-order valence-electron chi connectivity index (χ4n) is 4.86. The molecule has 0 saturated heterocycles. The molecule has 2 saturated carbocycles. The van der Waals surface area contributed by atoms with Crippen LogP contribution in [0.4, 0.5) is 0 Å². The first-order chi connectivity index (χ1) is 16.4. The molecule has 0 bridgehead atoms. The van der Waals surface area contributed by atoms with E-state index in [2.05, 4.69) is 22.2 Å². The summed E-state index contributed by atoms with van der Waals surface area (Å²) in [7, 11) is 3.39. The van der Waals surface area contributed by atoms with Gasteiger partial charge in [-0.15, -0.1) is 0 Å². The quantitative estimate of drug-likeness (QED) is 0.373. The molecule has 2 spiro atoms. The van der Waals surface area contributed by atoms with Crippen molar-refractivity contribution < 1.29 is 38.5 Å². The number of halogens is 1. The van der Waals surface area contributed by atoms with Crippen molar-refractivity contribution in [2.45, 2.75) is 95.9 Å². The fourth-order valence-corrected chi connectivity index (χ4v) is 4.86. The average Bonchev–Trinajstić information content (AvgIpc) is 3.23. The zero-order valence-electron chi connectivity index (χ0n) is 20.6. The molecule has 0 atom stereocenters. The van der Waals surface area contributed by atoms with Crippen LogP contribution in [0, 0.1) is 0 Å². The third kappa shape index (κ3) is 8.31. The molecule has 2 heterocycles. The predicted molar refractivity (Wildman–Crippen MR) is 134 cm³/mol. The SMILES string of the molecule is C.CC(=O)Cl.COC1CCC2(CC1)NC(=O)C=C2O.COC1CCC2(CC1)NC(=O)C=C2OC(C)=O. The van der Waals surface area contributed by atoms with Crippen molar-refractivity contribution in [3.63, 3.8) is 0 Å². The van der Waals surface area contributed by atoms with Gasteiger partial charge in [0.25, 0.3) is 0 Å². The van der Waals surface area contributed by atoms with Crippen molar-refractivity contribution in [2.24, 2.45) is 0 Å². The third-order valence-corrected chi connectivity index (χ3v) is 6.71. The van der Waals surface area contributed by atoms with Crippen molar-refractivity contribution in [1.82, 2.24) is 10.6 Å². The van der Waals surface area contributed by atoms with Gasteiger partial charge in [-0.3, -0.25) is 19.2 Å². The molecule has 0 aromatic rings. The van der Waals surface area contributed by atoms with Crippen LogP contribution >= 0.6 is 11.6 Å². The van der Waals surface area contributed by atoms with Crippen LogP contribution in [-0.4, -0.2) is 65.6 Å². The minimum absolute atomic E-state index is 0. The Morgan fingerprint density at radius 1 is 0.889 bits per heavy atom. The van der Waals surface area contributed by atoms with Gasteiger partial charge in [-0.05, 0) is 63.0 Å². The largest absolute Gasteiger partial charge is 0.510 e. The molecular formula is C25H39ClN2O8. The van der Waals surface area contributed by atoms with Gasteiger partial charge in [-0.2, -0.15) is 0 Å². The van der Waals surface area contributed by atoms with E-state index in [1.54, 1.807) is 14.2 Å². The van der Waals surface area contributed by atoms with Gasteiger partial charge < -0.3 is 30.0 Å². The number of nitrogens with one attached hydrogen (secondary N) is 2. The van der Waals surface area contributed by atoms with Gasteiger partial charge in [-0.25, -0.2) is 0 Å². The number of hydrogen-bond acceptors (Lipinski definition) is 8. The standard InChI is InChI=1S/C12H17NO4.C10H15NO3.C2H3ClO.CH4/c1-8(14)17-10-7-11(15)13-12(10)5-3-9(16-2)4-6-12;1-14-7-2-4-10(5-3-7)8(12)6-9(13)11-10;1-2(3)4;/h7,9H,3-6H2,1-2H3,(H,13,15);6-7,12H,2-5H2,1H3,(H,11,13);1H3;1H4. The number of amides is 2. The molecule has 4 rings (SSSR count). The molecule has 204 valence electrons. The maximum atomic E-state index is 11.4. The van der Waals surface area contributed by atoms with E-state index in [4.69, 9.17) is 14.2 Å². The average molecular weight is 531 g/mol. The number of aliphatic hydroxyl groups is 1. The van der Waals surface area contributed by atoms with Crippen LogP contribution < -0.4 is 10.6 Å². The Morgan fingerprint density at radius 2 is 1.28 bits per heavy atom. The lowest BCUT2D eigenvalue weighted by Gasteiger charge is -2.37. The third-order valence-electron chi connectivity index (χ3n) is 6.71. The normalized spacial score (nSPS) is 30.4. The smallest absolute Gasteiger partial charge is 0.307 e. The van der Waals surface area contributed by atoms with E-state index >= 15 is 0 Å². The Balaban J connectivity index is 0.000000310. The van der Waals surface area contributed by atoms with E-state index < -0.39 is 11.1 Å². The Labute approximate surface area is 217 Å². The number of carbonyl (C=O) groups excluding carboxylic acids is 4. The van der Waals surface area contributed by atoms with Gasteiger partial charge in [0.2, 0.25) is 17.1 Å². The lowest BCUT2D eigenvalue weighted by Crippen LogP contribution is -2.49. The minimum Gasteiger partial charge on any atom is -0.510 e. The predicted octanol–water partition coefficient (Wildman–Crippen LogP) is 3.18. The number of carbonyl (C=O) groups is 4. The van der Waals surface area contributed by atoms with Gasteiger partial charge in [-0.1, -0.05) is 7.43 Å². The van der Waals surface area contributed by atoms with Gasteiger partial charge >= 0.3 is 5.97 Å². The van der Waals surface area contributed by atoms with Crippen molar-refractivity contribution >= 4 is 34.6 Å². The highest BCUT2D eigenvalue weighted by Crippen LogP contribution is 2.39. The number of ether oxygens (including phenoxy) is 3. The summed E-state index contributed by atoms with van der Waals surface area (Å²) in [6.07, 6.45) is 9.67. The summed E-state index contributed by atoms with van der Waals surface area (Å²) >= 11 is 4.64. The Hall–Kier alpha value is -2.43. The molecule has 10 nitrogen and oxygen atoms in total. The van der Waals surface area contributed by atoms with Gasteiger partial charge in [0.1, 0.15) is 11.5 Å². The van der Waals surface area contributed by atoms with Gasteiger partial charge in [0.15, 0.2) is 0 Å². The summed E-state index contributed by atoms with van der Waals surface area (Å²) in [4.78, 5) is 42.8. The van der Waals surface area contributed by atoms with Crippen LogP contribution in [0.25, 0.3) is 0 Å². The van der Waals surface area contributed by atoms with Crippen molar-refractivity contribution in [3.8, 4) is 0 Å². The van der Waals surface area contributed by atoms with Crippen molar-refractivity contribution in [1.29, 1.82) is 0 Å². The summed E-state index contributed by atoms with van der Waals surface area (Å²) in [5.41, 5.74) is -0.968. The second kappa shape index (κ2) is 13.8. The number of esters is 1. The second-order valence-corrected chi connectivity index (χ2v) is 9.65. The number of methoxy groups -OCH3 is 2. The summed E-state index contributed by atoms with van der Waals surface area (Å²) in [6.45, 7) is 2.64. The van der Waals surface area contributed by atoms with Gasteiger partial charge in [0, 0.05) is 40.2 Å². The van der Waals surface area contributed by atoms with E-state index in [0.29, 0.717) is 5.76 Å². The molecule has 2 aliphatic heterocycles. The van der Waals surface area contributed by atoms with Gasteiger partial charge in [0.05, 0.1) is 23.3 Å². The van der Waals surface area contributed by atoms with Crippen LogP contribution in [-0.2, 0) is 33.4 Å². The maximum absolute atomic E-state index is 11.4. The minimum atomic E-state index is -0.488. The molecule has 2 amide bonds. The first-order valence-electron chi connectivity index (χ1n) is 11.6. The highest BCUT2D eigenvalue weighted by atomic mass is 35.5. The number of rotatable bonds is 3. The van der Waals surface area contributed by atoms with E-state index in [1.165, 1.54) is 26.0 Å². The molecule has 11 heteroatoms. The second-order valence-electron chi connectivity index (χ2n) is 9.11. The summed E-state index contributed by atoms with van der Waals surface area (Å²) < 4.78 is 15.7. The van der Waals surface area contributed by atoms with Crippen LogP contribution in [0.5, 0.6) is 0 Å². The zero-order valence-corrected chi connectivity index (χ0v) is 21.4. The van der Waals surface area contributed by atoms with Crippen LogP contribution in [0.1, 0.15) is 72.6 Å². The van der Waals surface area contributed by atoms with E-state index in [9.17, 15) is 24.3 Å². The Morgan fingerprint density at radius 3 is 1.64 bits per heavy atom. The Bertz CT molecular complexity index is 865. The molecule has 0 aromatic heterocycles. The summed E-state index contributed by atoms with van der Waals surface area (Å²) in [5.74, 6) is -0.0990. The van der Waals surface area contributed by atoms with Crippen LogP contribution in [0.2, 0.25) is 0 Å². The molecule has 0 radical (unpaired) electrons. The highest BCUT2D eigenvalue weighted by Gasteiger charge is 2.46. The van der Waals surface area contributed by atoms with E-state index in [1.807, 2.05) is 0 Å². The summed E-state index contributed by atoms with van der Waals surface area (Å²) in [5, 5.41) is 15.0. The molecule has 0 aromatic carbocycles. The topological polar surface area (TPSA) is 140 Å². The number of aliphatic hydroxyl groups excluding tert-OH is 1. The zero-order chi connectivity index (χ0) is 26.2. The molecule has 4 aliphatic rings. The van der Waals surface area contributed by atoms with E-state index in [0.717, 1.165) is 51.4 Å². The Kier molecular flexibility index (Phi) is 12.1. The first kappa shape index (κ1) is 31.6. The van der Waals surface area contributed by atoms with Crippen LogP contribution in [0.15, 0.2) is 23.7 Å². The molecule has 2 fully saturated rings. The molecular weight excluding hydrogens is 492 g/mol. The lowest BCUT2D eigenvalue weighted by molar-refractivity contribution is -0.138. The van der Waals surface area contributed by atoms with Crippen molar-refractivity contribution in [3.05, 3.63) is 23.7 Å². The molecule has 36 heavy (non-hydrogen) atoms. The fraction of sp³-hybridized carbons (Fsp3) is 0.680. The summed E-state index contributed by atoms with van der Waals surface area (Å²) in [6, 6.07) is 0. The monoisotopic (exact) mass is 530 g/mol.